The molecule has 3 heterocycles. The Labute approximate surface area is 253 Å². The summed E-state index contributed by atoms with van der Waals surface area (Å²) in [7, 11) is 2.14. The van der Waals surface area contributed by atoms with Gasteiger partial charge in [0.25, 0.3) is 5.69 Å². The van der Waals surface area contributed by atoms with E-state index in [9.17, 15) is 14.5 Å². The third-order valence-electron chi connectivity index (χ3n) is 7.79. The predicted octanol–water partition coefficient (Wildman–Crippen LogP) is 6.95. The summed E-state index contributed by atoms with van der Waals surface area (Å²) in [6, 6.07) is 17.1. The second-order valence-electron chi connectivity index (χ2n) is 10.8. The van der Waals surface area contributed by atoms with Gasteiger partial charge in [0.05, 0.1) is 27.3 Å². The molecule has 5 aromatic rings. The molecule has 0 saturated carbocycles. The summed E-state index contributed by atoms with van der Waals surface area (Å²) < 4.78 is 16.0. The standard InChI is InChI=1S/C31H33FN8O2S/c1-3-4-5-14-39-28-20-27(38-17-15-37(2)16-18-38)25(19-26(28)33-29(39)21-6-10-23(32)11-7-21)34-31-36-35-30(43-31)22-8-12-24(13-9-22)40(41)42/h6-13,19-20H,3-5,14-18H2,1-2H3,(H,34,36). The lowest BCUT2D eigenvalue weighted by atomic mass is 10.1. The number of anilines is 3. The average Bonchev–Trinajstić information content (AvgIpc) is 3.62. The van der Waals surface area contributed by atoms with Crippen LogP contribution in [0.4, 0.5) is 26.6 Å². The van der Waals surface area contributed by atoms with E-state index in [1.165, 1.54) is 35.6 Å². The third-order valence-corrected chi connectivity index (χ3v) is 8.68. The molecule has 12 heteroatoms. The summed E-state index contributed by atoms with van der Waals surface area (Å²) in [5, 5.41) is 24.6. The number of aryl methyl sites for hydroxylation is 1. The molecule has 2 aromatic heterocycles. The quantitative estimate of drug-likeness (QED) is 0.104. The molecule has 6 rings (SSSR count). The zero-order valence-electron chi connectivity index (χ0n) is 24.2. The molecule has 222 valence electrons. The van der Waals surface area contributed by atoms with E-state index in [-0.39, 0.29) is 11.5 Å². The summed E-state index contributed by atoms with van der Waals surface area (Å²) in [4.78, 5) is 20.4. The average molecular weight is 601 g/mol. The number of aromatic nitrogens is 4. The largest absolute Gasteiger partial charge is 0.367 e. The number of piperazine rings is 1. The van der Waals surface area contributed by atoms with Crippen molar-refractivity contribution in [1.82, 2.24) is 24.6 Å². The van der Waals surface area contributed by atoms with E-state index >= 15 is 0 Å². The highest BCUT2D eigenvalue weighted by Crippen LogP contribution is 2.38. The van der Waals surface area contributed by atoms with Gasteiger partial charge in [-0.25, -0.2) is 9.37 Å². The fourth-order valence-electron chi connectivity index (χ4n) is 5.37. The molecule has 10 nitrogen and oxygen atoms in total. The Balaban J connectivity index is 1.40. The Morgan fingerprint density at radius 1 is 0.977 bits per heavy atom. The first-order valence-electron chi connectivity index (χ1n) is 14.5. The minimum absolute atomic E-state index is 0.0332. The first-order chi connectivity index (χ1) is 20.9. The van der Waals surface area contributed by atoms with Gasteiger partial charge in [-0.15, -0.1) is 10.2 Å². The second kappa shape index (κ2) is 12.4. The van der Waals surface area contributed by atoms with Gasteiger partial charge in [0.1, 0.15) is 16.6 Å². The molecule has 43 heavy (non-hydrogen) atoms. The van der Waals surface area contributed by atoms with E-state index in [1.807, 2.05) is 0 Å². The summed E-state index contributed by atoms with van der Waals surface area (Å²) in [5.74, 6) is 0.551. The number of non-ortho nitro benzene ring substituents is 1. The van der Waals surface area contributed by atoms with Gasteiger partial charge in [-0.1, -0.05) is 31.1 Å². The highest BCUT2D eigenvalue weighted by atomic mass is 32.1. The van der Waals surface area contributed by atoms with Crippen LogP contribution in [0.1, 0.15) is 26.2 Å². The van der Waals surface area contributed by atoms with Gasteiger partial charge in [0.15, 0.2) is 0 Å². The molecule has 1 aliphatic rings. The summed E-state index contributed by atoms with van der Waals surface area (Å²) in [6.07, 6.45) is 3.25. The van der Waals surface area contributed by atoms with Gasteiger partial charge >= 0.3 is 0 Å². The topological polar surface area (TPSA) is 105 Å². The van der Waals surface area contributed by atoms with Gasteiger partial charge in [0, 0.05) is 56.0 Å². The molecule has 3 aromatic carbocycles. The maximum absolute atomic E-state index is 13.8. The molecule has 0 aliphatic carbocycles. The van der Waals surface area contributed by atoms with Crippen molar-refractivity contribution in [2.45, 2.75) is 32.7 Å². The molecule has 0 unspecified atom stereocenters. The monoisotopic (exact) mass is 600 g/mol. The van der Waals surface area contributed by atoms with Crippen LogP contribution in [0.25, 0.3) is 33.0 Å². The van der Waals surface area contributed by atoms with Crippen LogP contribution in [0.15, 0.2) is 60.7 Å². The molecule has 1 N–H and O–H groups in total. The normalized spacial score (nSPS) is 14.0. The molecular weight excluding hydrogens is 567 g/mol. The molecule has 0 spiro atoms. The molecule has 1 fully saturated rings. The number of rotatable bonds is 10. The molecule has 0 amide bonds. The van der Waals surface area contributed by atoms with E-state index in [4.69, 9.17) is 4.98 Å². The number of benzene rings is 3. The Morgan fingerprint density at radius 2 is 1.70 bits per heavy atom. The van der Waals surface area contributed by atoms with E-state index < -0.39 is 4.92 Å². The minimum atomic E-state index is -0.417. The van der Waals surface area contributed by atoms with Gasteiger partial charge in [-0.05, 0) is 62.0 Å². The summed E-state index contributed by atoms with van der Waals surface area (Å²) in [6.45, 7) is 6.69. The van der Waals surface area contributed by atoms with Crippen LogP contribution in [0.2, 0.25) is 0 Å². The highest BCUT2D eigenvalue weighted by Gasteiger charge is 2.22. The smallest absolute Gasteiger partial charge is 0.269 e. The van der Waals surface area contributed by atoms with Crippen molar-refractivity contribution in [3.63, 3.8) is 0 Å². The zero-order valence-corrected chi connectivity index (χ0v) is 25.0. The van der Waals surface area contributed by atoms with Crippen LogP contribution < -0.4 is 10.2 Å². The highest BCUT2D eigenvalue weighted by molar-refractivity contribution is 7.18. The fourth-order valence-corrected chi connectivity index (χ4v) is 6.13. The van der Waals surface area contributed by atoms with Gasteiger partial charge in [-0.2, -0.15) is 0 Å². The lowest BCUT2D eigenvalue weighted by Gasteiger charge is -2.35. The van der Waals surface area contributed by atoms with E-state index in [2.05, 4.69) is 56.0 Å². The number of likely N-dealkylation sites (N-methyl/N-ethyl adjacent to an activating group) is 1. The number of nitrogens with zero attached hydrogens (tertiary/aromatic N) is 7. The number of hydrogen-bond donors (Lipinski definition) is 1. The Kier molecular flexibility index (Phi) is 8.30. The molecular formula is C31H33FN8O2S. The molecule has 0 bridgehead atoms. The van der Waals surface area contributed by atoms with E-state index in [0.717, 1.165) is 91.3 Å². The van der Waals surface area contributed by atoms with Gasteiger partial charge in [0.2, 0.25) is 5.13 Å². The van der Waals surface area contributed by atoms with Crippen molar-refractivity contribution in [2.75, 3.05) is 43.4 Å². The molecule has 1 saturated heterocycles. The number of hydrogen-bond acceptors (Lipinski definition) is 9. The SMILES string of the molecule is CCCCCn1c(-c2ccc(F)cc2)nc2cc(Nc3nnc(-c4ccc([N+](=O)[O-])cc4)s3)c(N3CCN(C)CC3)cc21. The van der Waals surface area contributed by atoms with Crippen molar-refractivity contribution in [2.24, 2.45) is 0 Å². The van der Waals surface area contributed by atoms with Crippen molar-refractivity contribution in [3.8, 4) is 22.0 Å². The summed E-state index contributed by atoms with van der Waals surface area (Å²) >= 11 is 1.39. The lowest BCUT2D eigenvalue weighted by Crippen LogP contribution is -2.44. The Morgan fingerprint density at radius 3 is 2.40 bits per heavy atom. The molecule has 0 radical (unpaired) electrons. The maximum Gasteiger partial charge on any atom is 0.269 e. The summed E-state index contributed by atoms with van der Waals surface area (Å²) in [5.41, 5.74) is 5.51. The number of unbranched alkanes of at least 4 members (excludes halogenated alkanes) is 2. The Bertz CT molecular complexity index is 1730. The van der Waals surface area contributed by atoms with Crippen LogP contribution >= 0.6 is 11.3 Å². The first-order valence-corrected chi connectivity index (χ1v) is 15.3. The fraction of sp³-hybridized carbons (Fsp3) is 0.323. The third kappa shape index (κ3) is 6.20. The molecule has 1 aliphatic heterocycles. The number of fused-ring (bicyclic) bond motifs is 1. The predicted molar refractivity (Wildman–Crippen MR) is 170 cm³/mol. The first kappa shape index (κ1) is 28.7. The van der Waals surface area contributed by atoms with Crippen molar-refractivity contribution >= 4 is 44.6 Å². The van der Waals surface area contributed by atoms with Crippen LogP contribution in [-0.4, -0.2) is 62.8 Å². The molecule has 0 atom stereocenters. The van der Waals surface area contributed by atoms with Crippen LogP contribution in [0.5, 0.6) is 0 Å². The number of halogens is 1. The number of imidazole rings is 1. The zero-order chi connectivity index (χ0) is 29.9. The minimum Gasteiger partial charge on any atom is -0.367 e. The van der Waals surface area contributed by atoms with Crippen molar-refractivity contribution in [1.29, 1.82) is 0 Å². The van der Waals surface area contributed by atoms with Crippen LogP contribution in [0.3, 0.4) is 0 Å². The van der Waals surface area contributed by atoms with Gasteiger partial charge < -0.3 is 19.7 Å². The van der Waals surface area contributed by atoms with Crippen molar-refractivity contribution in [3.05, 3.63) is 76.6 Å². The number of nitro benzene ring substituents is 1. The van der Waals surface area contributed by atoms with Crippen LogP contribution in [-0.2, 0) is 6.54 Å². The maximum atomic E-state index is 13.8. The number of nitro groups is 1. The van der Waals surface area contributed by atoms with Gasteiger partial charge in [-0.3, -0.25) is 10.1 Å². The lowest BCUT2D eigenvalue weighted by molar-refractivity contribution is -0.384. The Hall–Kier alpha value is -4.42. The van der Waals surface area contributed by atoms with Crippen molar-refractivity contribution < 1.29 is 9.31 Å². The van der Waals surface area contributed by atoms with E-state index in [0.29, 0.717) is 10.1 Å². The second-order valence-corrected chi connectivity index (χ2v) is 11.8. The van der Waals surface area contributed by atoms with E-state index in [1.54, 1.807) is 24.3 Å². The van der Waals surface area contributed by atoms with Crippen LogP contribution in [0, 0.1) is 15.9 Å². The number of nitrogens with one attached hydrogen (secondary N) is 1.